The quantitative estimate of drug-likeness (QED) is 0.134. The highest BCUT2D eigenvalue weighted by molar-refractivity contribution is 6.23. The van der Waals surface area contributed by atoms with Gasteiger partial charge >= 0.3 is 0 Å². The van der Waals surface area contributed by atoms with Gasteiger partial charge in [-0.15, -0.1) is 0 Å². The predicted molar refractivity (Wildman–Crippen MR) is 209 cm³/mol. The van der Waals surface area contributed by atoms with Crippen molar-refractivity contribution in [2.75, 3.05) is 9.80 Å². The summed E-state index contributed by atoms with van der Waals surface area (Å²) in [5.74, 6) is 0. The number of hydrogen-bond donors (Lipinski definition) is 0. The fourth-order valence-corrected chi connectivity index (χ4v) is 7.70. The molecule has 0 fully saturated rings. The van der Waals surface area contributed by atoms with E-state index in [9.17, 15) is 0 Å². The summed E-state index contributed by atoms with van der Waals surface area (Å²) in [4.78, 5) is 4.98. The van der Waals surface area contributed by atoms with Crippen molar-refractivity contribution in [1.29, 1.82) is 0 Å². The summed E-state index contributed by atoms with van der Waals surface area (Å²) in [7, 11) is 0. The number of fused-ring (bicyclic) bond motifs is 2. The van der Waals surface area contributed by atoms with Gasteiger partial charge in [-0.1, -0.05) is 72.8 Å². The lowest BCUT2D eigenvalue weighted by Gasteiger charge is -2.33. The molecular formula is C46H44N2. The molecule has 238 valence electrons. The molecule has 0 saturated heterocycles. The molecule has 0 atom stereocenters. The lowest BCUT2D eigenvalue weighted by molar-refractivity contribution is 1.24. The molecule has 0 aliphatic rings. The van der Waals surface area contributed by atoms with Crippen molar-refractivity contribution < 1.29 is 0 Å². The minimum atomic E-state index is 1.17. The Balaban J connectivity index is 1.65. The van der Waals surface area contributed by atoms with E-state index >= 15 is 0 Å². The zero-order valence-corrected chi connectivity index (χ0v) is 29.4. The Kier molecular flexibility index (Phi) is 8.05. The molecule has 0 N–H and O–H groups in total. The summed E-state index contributed by atoms with van der Waals surface area (Å²) < 4.78 is 0. The maximum absolute atomic E-state index is 2.49. The average Bonchev–Trinajstić information content (AvgIpc) is 3.00. The van der Waals surface area contributed by atoms with Gasteiger partial charge in [-0.05, 0) is 148 Å². The fourth-order valence-electron chi connectivity index (χ4n) is 7.70. The number of benzene rings is 7. The largest absolute Gasteiger partial charge is 0.309 e. The molecule has 0 amide bonds. The van der Waals surface area contributed by atoms with Gasteiger partial charge in [0.05, 0.1) is 11.4 Å². The summed E-state index contributed by atoms with van der Waals surface area (Å²) in [6, 6.07) is 45.5. The van der Waals surface area contributed by atoms with E-state index in [-0.39, 0.29) is 0 Å². The first kappa shape index (κ1) is 31.3. The molecule has 0 radical (unpaired) electrons. The molecule has 2 heteroatoms. The first-order valence-corrected chi connectivity index (χ1v) is 16.9. The monoisotopic (exact) mass is 624 g/mol. The SMILES string of the molecule is Cc1cc(C)cc(N(c2cc(C)cc(C)c2)c2c3ccccc3c(N(c3cc(C)cc(C)c3)c3cc(C)cc(C)c3)c3ccccc23)c1. The van der Waals surface area contributed by atoms with Crippen LogP contribution in [0.4, 0.5) is 34.1 Å². The molecular weight excluding hydrogens is 581 g/mol. The molecule has 0 bridgehead atoms. The van der Waals surface area contributed by atoms with Crippen molar-refractivity contribution in [2.24, 2.45) is 0 Å². The van der Waals surface area contributed by atoms with Crippen molar-refractivity contribution in [1.82, 2.24) is 0 Å². The van der Waals surface area contributed by atoms with Crippen LogP contribution in [0.15, 0.2) is 121 Å². The van der Waals surface area contributed by atoms with E-state index in [2.05, 4.69) is 187 Å². The lowest BCUT2D eigenvalue weighted by atomic mass is 9.94. The van der Waals surface area contributed by atoms with Crippen molar-refractivity contribution in [3.05, 3.63) is 166 Å². The predicted octanol–water partition coefficient (Wildman–Crippen LogP) is 13.4. The summed E-state index contributed by atoms with van der Waals surface area (Å²) in [6.07, 6.45) is 0. The van der Waals surface area contributed by atoms with Crippen molar-refractivity contribution in [3.63, 3.8) is 0 Å². The highest BCUT2D eigenvalue weighted by Gasteiger charge is 2.26. The Labute approximate surface area is 285 Å². The molecule has 7 rings (SSSR count). The molecule has 0 aromatic heterocycles. The van der Waals surface area contributed by atoms with Crippen LogP contribution in [-0.4, -0.2) is 0 Å². The molecule has 48 heavy (non-hydrogen) atoms. The molecule has 0 aliphatic heterocycles. The minimum absolute atomic E-state index is 1.17. The van der Waals surface area contributed by atoms with Crippen LogP contribution in [0.3, 0.4) is 0 Å². The van der Waals surface area contributed by atoms with E-state index in [1.54, 1.807) is 0 Å². The van der Waals surface area contributed by atoms with Crippen LogP contribution in [0, 0.1) is 55.4 Å². The highest BCUT2D eigenvalue weighted by atomic mass is 15.2. The molecule has 0 aliphatic carbocycles. The molecule has 0 unspecified atom stereocenters. The van der Waals surface area contributed by atoms with Gasteiger partial charge in [0, 0.05) is 44.3 Å². The highest BCUT2D eigenvalue weighted by Crippen LogP contribution is 2.51. The molecule has 7 aromatic rings. The van der Waals surface area contributed by atoms with Gasteiger partial charge in [0.15, 0.2) is 0 Å². The van der Waals surface area contributed by atoms with Gasteiger partial charge < -0.3 is 9.80 Å². The standard InChI is InChI=1S/C46H44N2/c1-29-17-30(2)22-37(21-29)47(38-23-31(3)18-32(4)24-38)45-41-13-9-11-15-43(41)46(44-16-12-10-14-42(44)45)48(39-25-33(5)19-34(6)26-39)40-27-35(7)20-36(8)28-40/h9-28H,1-8H3. The second-order valence-corrected chi connectivity index (χ2v) is 13.8. The Hall–Kier alpha value is -5.34. The second-order valence-electron chi connectivity index (χ2n) is 13.8. The van der Waals surface area contributed by atoms with Crippen molar-refractivity contribution in [2.45, 2.75) is 55.4 Å². The van der Waals surface area contributed by atoms with Crippen LogP contribution in [0.1, 0.15) is 44.5 Å². The number of aryl methyl sites for hydroxylation is 8. The Bertz CT molecular complexity index is 1940. The molecule has 0 spiro atoms. The van der Waals surface area contributed by atoms with Gasteiger partial charge in [0.2, 0.25) is 0 Å². The van der Waals surface area contributed by atoms with Gasteiger partial charge in [-0.2, -0.15) is 0 Å². The molecule has 7 aromatic carbocycles. The van der Waals surface area contributed by atoms with Gasteiger partial charge in [-0.25, -0.2) is 0 Å². The third kappa shape index (κ3) is 5.84. The van der Waals surface area contributed by atoms with E-state index in [4.69, 9.17) is 0 Å². The number of anilines is 6. The summed E-state index contributed by atoms with van der Waals surface area (Å²) in [5, 5.41) is 4.85. The third-order valence-electron chi connectivity index (χ3n) is 9.18. The fraction of sp³-hybridized carbons (Fsp3) is 0.174. The number of nitrogens with zero attached hydrogens (tertiary/aromatic N) is 2. The van der Waals surface area contributed by atoms with E-state index < -0.39 is 0 Å². The van der Waals surface area contributed by atoms with Gasteiger partial charge in [0.25, 0.3) is 0 Å². The first-order chi connectivity index (χ1) is 23.0. The van der Waals surface area contributed by atoms with Gasteiger partial charge in [0.1, 0.15) is 0 Å². The van der Waals surface area contributed by atoms with Crippen LogP contribution in [-0.2, 0) is 0 Å². The Morgan fingerprint density at radius 3 is 0.646 bits per heavy atom. The van der Waals surface area contributed by atoms with Crippen LogP contribution in [0.5, 0.6) is 0 Å². The summed E-state index contributed by atoms with van der Waals surface area (Å²) in [6.45, 7) is 17.6. The third-order valence-corrected chi connectivity index (χ3v) is 9.18. The van der Waals surface area contributed by atoms with E-state index in [1.165, 1.54) is 100 Å². The first-order valence-electron chi connectivity index (χ1n) is 16.9. The maximum atomic E-state index is 2.49. The van der Waals surface area contributed by atoms with Crippen LogP contribution < -0.4 is 9.80 Å². The Morgan fingerprint density at radius 1 is 0.271 bits per heavy atom. The molecule has 0 heterocycles. The summed E-state index contributed by atoms with van der Waals surface area (Å²) >= 11 is 0. The zero-order chi connectivity index (χ0) is 33.7. The number of hydrogen-bond acceptors (Lipinski definition) is 2. The zero-order valence-electron chi connectivity index (χ0n) is 29.4. The van der Waals surface area contributed by atoms with Crippen LogP contribution in [0.2, 0.25) is 0 Å². The van der Waals surface area contributed by atoms with Crippen LogP contribution in [0.25, 0.3) is 21.5 Å². The normalized spacial score (nSPS) is 11.3. The smallest absolute Gasteiger partial charge is 0.0619 e. The van der Waals surface area contributed by atoms with E-state index in [1.807, 2.05) is 0 Å². The summed E-state index contributed by atoms with van der Waals surface area (Å²) in [5.41, 5.74) is 17.1. The molecule has 2 nitrogen and oxygen atoms in total. The van der Waals surface area contributed by atoms with Crippen molar-refractivity contribution >= 4 is 55.7 Å². The Morgan fingerprint density at radius 2 is 0.458 bits per heavy atom. The lowest BCUT2D eigenvalue weighted by Crippen LogP contribution is -2.15. The van der Waals surface area contributed by atoms with E-state index in [0.29, 0.717) is 0 Å². The van der Waals surface area contributed by atoms with Crippen LogP contribution >= 0.6 is 0 Å². The van der Waals surface area contributed by atoms with Crippen molar-refractivity contribution in [3.8, 4) is 0 Å². The topological polar surface area (TPSA) is 6.48 Å². The second kappa shape index (κ2) is 12.4. The van der Waals surface area contributed by atoms with Gasteiger partial charge in [-0.3, -0.25) is 0 Å². The minimum Gasteiger partial charge on any atom is -0.309 e. The molecule has 0 saturated carbocycles. The average molecular weight is 625 g/mol. The maximum Gasteiger partial charge on any atom is 0.0619 e. The number of rotatable bonds is 6. The van der Waals surface area contributed by atoms with E-state index in [0.717, 1.165) is 0 Å².